The molecule has 10 heteroatoms. The van der Waals surface area contributed by atoms with E-state index >= 15 is 0 Å². The molecular weight excluding hydrogens is 454 g/mol. The monoisotopic (exact) mass is 483 g/mol. The molecule has 0 atom stereocenters. The second kappa shape index (κ2) is 9.86. The van der Waals surface area contributed by atoms with E-state index in [-0.39, 0.29) is 10.6 Å². The molecule has 34 heavy (non-hydrogen) atoms. The van der Waals surface area contributed by atoms with E-state index in [2.05, 4.69) is 20.2 Å². The first-order valence-corrected chi connectivity index (χ1v) is 12.4. The number of benzene rings is 2. The zero-order valence-electron chi connectivity index (χ0n) is 19.8. The normalized spacial score (nSPS) is 14.6. The minimum absolute atomic E-state index is 0.131. The molecule has 1 aliphatic heterocycles. The molecule has 4 rings (SSSR count). The molecule has 1 fully saturated rings. The number of piperazine rings is 1. The smallest absolute Gasteiger partial charge is 0.246 e. The fourth-order valence-electron chi connectivity index (χ4n) is 3.85. The number of sulfonamides is 1. The van der Waals surface area contributed by atoms with Crippen LogP contribution in [0.1, 0.15) is 11.4 Å². The summed E-state index contributed by atoms with van der Waals surface area (Å²) < 4.78 is 38.6. The minimum Gasteiger partial charge on any atom is -0.497 e. The summed E-state index contributed by atoms with van der Waals surface area (Å²) in [7, 11) is -0.739. The highest BCUT2D eigenvalue weighted by molar-refractivity contribution is 7.89. The van der Waals surface area contributed by atoms with E-state index in [0.29, 0.717) is 43.6 Å². The Morgan fingerprint density at radius 3 is 2.24 bits per heavy atom. The molecule has 1 aromatic heterocycles. The average molecular weight is 484 g/mol. The van der Waals surface area contributed by atoms with E-state index < -0.39 is 10.0 Å². The number of anilines is 3. The van der Waals surface area contributed by atoms with Crippen molar-refractivity contribution in [1.29, 1.82) is 0 Å². The Kier molecular flexibility index (Phi) is 6.90. The maximum Gasteiger partial charge on any atom is 0.246 e. The molecule has 0 unspecified atom stereocenters. The van der Waals surface area contributed by atoms with Gasteiger partial charge in [-0.25, -0.2) is 18.4 Å². The van der Waals surface area contributed by atoms with Crippen molar-refractivity contribution in [2.75, 3.05) is 50.6 Å². The van der Waals surface area contributed by atoms with Gasteiger partial charge >= 0.3 is 0 Å². The number of nitrogens with one attached hydrogen (secondary N) is 1. The number of hydrogen-bond acceptors (Lipinski definition) is 8. The molecule has 0 amide bonds. The largest absolute Gasteiger partial charge is 0.497 e. The highest BCUT2D eigenvalue weighted by Gasteiger charge is 2.31. The summed E-state index contributed by atoms with van der Waals surface area (Å²) in [5, 5.41) is 3.32. The van der Waals surface area contributed by atoms with Crippen LogP contribution in [-0.2, 0) is 10.0 Å². The van der Waals surface area contributed by atoms with Gasteiger partial charge in [-0.15, -0.1) is 0 Å². The maximum atomic E-state index is 13.3. The summed E-state index contributed by atoms with van der Waals surface area (Å²) in [5.41, 5.74) is 2.13. The van der Waals surface area contributed by atoms with Gasteiger partial charge in [-0.2, -0.15) is 4.31 Å². The third-order valence-corrected chi connectivity index (χ3v) is 7.64. The molecule has 1 N–H and O–H groups in total. The molecular formula is C24H29N5O4S. The van der Waals surface area contributed by atoms with Crippen LogP contribution in [0.3, 0.4) is 0 Å². The third-order valence-electron chi connectivity index (χ3n) is 5.70. The molecule has 2 aromatic carbocycles. The fraction of sp³-hybridized carbons (Fsp3) is 0.333. The number of aromatic nitrogens is 2. The van der Waals surface area contributed by atoms with Gasteiger partial charge in [-0.1, -0.05) is 17.7 Å². The van der Waals surface area contributed by atoms with Crippen LogP contribution in [0.5, 0.6) is 11.5 Å². The van der Waals surface area contributed by atoms with Gasteiger partial charge in [0, 0.05) is 44.0 Å². The summed E-state index contributed by atoms with van der Waals surface area (Å²) in [4.78, 5) is 11.3. The molecule has 1 aliphatic rings. The molecule has 2 heterocycles. The molecule has 0 radical (unpaired) electrons. The standard InChI is InChI=1S/C24H29N5O4S/c1-17-5-7-19(8-6-17)27-23-16-24(26-18(2)25-23)28-11-13-29(14-12-28)34(30,31)22-10-9-20(32-3)15-21(22)33-4/h5-10,15-16H,11-14H2,1-4H3,(H,25,26,27). The molecule has 0 aliphatic carbocycles. The van der Waals surface area contributed by atoms with Crippen LogP contribution < -0.4 is 19.7 Å². The first-order chi connectivity index (χ1) is 16.3. The maximum absolute atomic E-state index is 13.3. The lowest BCUT2D eigenvalue weighted by Crippen LogP contribution is -2.49. The van der Waals surface area contributed by atoms with E-state index in [1.165, 1.54) is 30.2 Å². The Hall–Kier alpha value is -3.37. The van der Waals surface area contributed by atoms with Crippen LogP contribution in [0, 0.1) is 13.8 Å². The van der Waals surface area contributed by atoms with E-state index in [1.54, 1.807) is 12.1 Å². The Labute approximate surface area is 200 Å². The quantitative estimate of drug-likeness (QED) is 0.546. The lowest BCUT2D eigenvalue weighted by atomic mass is 10.2. The van der Waals surface area contributed by atoms with Crippen molar-refractivity contribution < 1.29 is 17.9 Å². The second-order valence-corrected chi connectivity index (χ2v) is 9.96. The number of aryl methyl sites for hydroxylation is 2. The van der Waals surface area contributed by atoms with Crippen molar-refractivity contribution in [3.05, 3.63) is 59.9 Å². The van der Waals surface area contributed by atoms with E-state index in [9.17, 15) is 8.42 Å². The predicted octanol–water partition coefficient (Wildman–Crippen LogP) is 3.37. The fourth-order valence-corrected chi connectivity index (χ4v) is 5.41. The van der Waals surface area contributed by atoms with E-state index in [4.69, 9.17) is 9.47 Å². The van der Waals surface area contributed by atoms with Crippen molar-refractivity contribution in [2.24, 2.45) is 0 Å². The summed E-state index contributed by atoms with van der Waals surface area (Å²) in [5.74, 6) is 2.91. The van der Waals surface area contributed by atoms with Gasteiger partial charge in [0.15, 0.2) is 0 Å². The lowest BCUT2D eigenvalue weighted by Gasteiger charge is -2.35. The van der Waals surface area contributed by atoms with Crippen molar-refractivity contribution in [3.63, 3.8) is 0 Å². The first-order valence-electron chi connectivity index (χ1n) is 11.0. The first kappa shape index (κ1) is 23.8. The van der Waals surface area contributed by atoms with Crippen LogP contribution in [0.15, 0.2) is 53.4 Å². The van der Waals surface area contributed by atoms with Crippen molar-refractivity contribution in [1.82, 2.24) is 14.3 Å². The zero-order valence-corrected chi connectivity index (χ0v) is 20.6. The Morgan fingerprint density at radius 2 is 1.59 bits per heavy atom. The van der Waals surface area contributed by atoms with Crippen LogP contribution in [0.2, 0.25) is 0 Å². The highest BCUT2D eigenvalue weighted by atomic mass is 32.2. The van der Waals surface area contributed by atoms with Crippen LogP contribution in [0.4, 0.5) is 17.3 Å². The van der Waals surface area contributed by atoms with Crippen molar-refractivity contribution >= 4 is 27.3 Å². The summed E-state index contributed by atoms with van der Waals surface area (Å²) >= 11 is 0. The third kappa shape index (κ3) is 5.07. The number of rotatable bonds is 7. The number of ether oxygens (including phenoxy) is 2. The molecule has 3 aromatic rings. The summed E-state index contributed by atoms with van der Waals surface area (Å²) in [6, 6.07) is 14.7. The predicted molar refractivity (Wildman–Crippen MR) is 132 cm³/mol. The Morgan fingerprint density at radius 1 is 0.882 bits per heavy atom. The summed E-state index contributed by atoms with van der Waals surface area (Å²) in [6.45, 7) is 5.58. The lowest BCUT2D eigenvalue weighted by molar-refractivity contribution is 0.369. The van der Waals surface area contributed by atoms with Crippen LogP contribution >= 0.6 is 0 Å². The Balaban J connectivity index is 1.48. The highest BCUT2D eigenvalue weighted by Crippen LogP contribution is 2.31. The topological polar surface area (TPSA) is 96.9 Å². The molecule has 9 nitrogen and oxygen atoms in total. The number of hydrogen-bond donors (Lipinski definition) is 1. The van der Waals surface area contributed by atoms with Gasteiger partial charge in [0.25, 0.3) is 0 Å². The molecule has 180 valence electrons. The summed E-state index contributed by atoms with van der Waals surface area (Å²) in [6.07, 6.45) is 0. The van der Waals surface area contributed by atoms with Gasteiger partial charge in [-0.3, -0.25) is 0 Å². The number of methoxy groups -OCH3 is 2. The second-order valence-electron chi connectivity index (χ2n) is 8.06. The minimum atomic E-state index is -3.71. The molecule has 0 saturated carbocycles. The Bertz CT molecular complexity index is 1260. The molecule has 0 spiro atoms. The van der Waals surface area contributed by atoms with Gasteiger partial charge in [0.05, 0.1) is 14.2 Å². The SMILES string of the molecule is COc1ccc(S(=O)(=O)N2CCN(c3cc(Nc4ccc(C)cc4)nc(C)n3)CC2)c(OC)c1. The molecule has 1 saturated heterocycles. The van der Waals surface area contributed by atoms with Gasteiger partial charge in [0.2, 0.25) is 10.0 Å². The van der Waals surface area contributed by atoms with E-state index in [1.807, 2.05) is 44.2 Å². The zero-order chi connectivity index (χ0) is 24.3. The van der Waals surface area contributed by atoms with Gasteiger partial charge in [-0.05, 0) is 38.1 Å². The van der Waals surface area contributed by atoms with E-state index in [0.717, 1.165) is 11.5 Å². The van der Waals surface area contributed by atoms with Gasteiger partial charge in [0.1, 0.15) is 33.9 Å². The average Bonchev–Trinajstić information content (AvgIpc) is 2.84. The van der Waals surface area contributed by atoms with Crippen molar-refractivity contribution in [3.8, 4) is 11.5 Å². The molecule has 0 bridgehead atoms. The van der Waals surface area contributed by atoms with Crippen molar-refractivity contribution in [2.45, 2.75) is 18.7 Å². The van der Waals surface area contributed by atoms with Gasteiger partial charge < -0.3 is 19.7 Å². The van der Waals surface area contributed by atoms with Crippen LogP contribution in [-0.4, -0.2) is 63.1 Å². The van der Waals surface area contributed by atoms with Crippen LogP contribution in [0.25, 0.3) is 0 Å². The number of nitrogens with zero attached hydrogens (tertiary/aromatic N) is 4.